The molecule has 1 aromatic carbocycles. The first-order chi connectivity index (χ1) is 16.1. The Morgan fingerprint density at radius 2 is 1.91 bits per heavy atom. The number of pyridine rings is 1. The lowest BCUT2D eigenvalue weighted by molar-refractivity contribution is -0.153. The quantitative estimate of drug-likeness (QED) is 0.601. The van der Waals surface area contributed by atoms with E-state index in [0.717, 1.165) is 6.42 Å². The zero-order valence-corrected chi connectivity index (χ0v) is 18.5. The average Bonchev–Trinajstić information content (AvgIpc) is 3.48. The van der Waals surface area contributed by atoms with Gasteiger partial charge in [0, 0.05) is 32.6 Å². The summed E-state index contributed by atoms with van der Waals surface area (Å²) in [7, 11) is 1.75. The number of anilines is 2. The number of carbonyl (C=O) groups excluding carboxylic acids is 2. The van der Waals surface area contributed by atoms with Crippen molar-refractivity contribution >= 4 is 23.3 Å². The van der Waals surface area contributed by atoms with Gasteiger partial charge < -0.3 is 19.5 Å². The molecule has 1 saturated heterocycles. The minimum Gasteiger partial charge on any atom is -0.431 e. The number of hydrogen-bond donors (Lipinski definition) is 1. The van der Waals surface area contributed by atoms with Crippen LogP contribution in [0.15, 0.2) is 53.1 Å². The highest BCUT2D eigenvalue weighted by molar-refractivity contribution is 6.04. The van der Waals surface area contributed by atoms with Crippen molar-refractivity contribution in [1.82, 2.24) is 14.9 Å². The molecule has 2 aromatic heterocycles. The van der Waals surface area contributed by atoms with E-state index in [9.17, 15) is 22.8 Å². The molecule has 178 valence electrons. The highest BCUT2D eigenvalue weighted by Gasteiger charge is 2.42. The van der Waals surface area contributed by atoms with Crippen LogP contribution in [0.2, 0.25) is 0 Å². The van der Waals surface area contributed by atoms with Crippen molar-refractivity contribution in [2.45, 2.75) is 25.6 Å². The number of nitrogens with zero attached hydrogens (tertiary/aromatic N) is 4. The van der Waals surface area contributed by atoms with Gasteiger partial charge in [0.15, 0.2) is 5.69 Å². The summed E-state index contributed by atoms with van der Waals surface area (Å²) in [6.07, 6.45) is -2.73. The molecule has 0 saturated carbocycles. The van der Waals surface area contributed by atoms with Crippen LogP contribution >= 0.6 is 0 Å². The van der Waals surface area contributed by atoms with Crippen LogP contribution in [0.5, 0.6) is 0 Å². The van der Waals surface area contributed by atoms with E-state index in [2.05, 4.69) is 15.3 Å². The topological polar surface area (TPSA) is 91.6 Å². The van der Waals surface area contributed by atoms with Crippen LogP contribution < -0.4 is 10.2 Å². The zero-order valence-electron chi connectivity index (χ0n) is 18.5. The van der Waals surface area contributed by atoms with Crippen molar-refractivity contribution in [3.8, 4) is 11.5 Å². The summed E-state index contributed by atoms with van der Waals surface area (Å²) < 4.78 is 45.4. The standard InChI is InChI=1S/C23H22F3N5O3/c1-14(32)30(2)17-10-11-31(13-17)18-9-8-16(12-27-18)28-21(33)19-20(23(24,25)26)34-22(29-19)15-6-4-3-5-7-15/h3-9,12,17H,10-11,13H2,1-2H3,(H,28,33)/t17-/m1/s1. The van der Waals surface area contributed by atoms with E-state index in [4.69, 9.17) is 4.42 Å². The number of benzene rings is 1. The Kier molecular flexibility index (Phi) is 6.27. The summed E-state index contributed by atoms with van der Waals surface area (Å²) in [6, 6.07) is 11.3. The number of halogens is 3. The molecular weight excluding hydrogens is 451 g/mol. The van der Waals surface area contributed by atoms with Gasteiger partial charge in [-0.2, -0.15) is 13.2 Å². The van der Waals surface area contributed by atoms with Gasteiger partial charge in [0.25, 0.3) is 5.91 Å². The van der Waals surface area contributed by atoms with Gasteiger partial charge in [-0.3, -0.25) is 9.59 Å². The smallest absolute Gasteiger partial charge is 0.431 e. The van der Waals surface area contributed by atoms with Gasteiger partial charge in [-0.25, -0.2) is 9.97 Å². The molecule has 4 rings (SSSR count). The number of carbonyl (C=O) groups is 2. The van der Waals surface area contributed by atoms with E-state index in [-0.39, 0.29) is 23.5 Å². The minimum absolute atomic E-state index is 0.0145. The maximum Gasteiger partial charge on any atom is 0.452 e. The Morgan fingerprint density at radius 3 is 2.53 bits per heavy atom. The molecular formula is C23H22F3N5O3. The number of alkyl halides is 3. The van der Waals surface area contributed by atoms with E-state index < -0.39 is 23.5 Å². The average molecular weight is 473 g/mol. The molecule has 0 aliphatic carbocycles. The lowest BCUT2D eigenvalue weighted by Gasteiger charge is -2.24. The number of nitrogens with one attached hydrogen (secondary N) is 1. The summed E-state index contributed by atoms with van der Waals surface area (Å²) >= 11 is 0. The molecule has 0 unspecified atom stereocenters. The third-order valence-corrected chi connectivity index (χ3v) is 5.66. The first-order valence-corrected chi connectivity index (χ1v) is 10.5. The van der Waals surface area contributed by atoms with Crippen LogP contribution in [0.25, 0.3) is 11.5 Å². The molecule has 3 aromatic rings. The van der Waals surface area contributed by atoms with E-state index in [1.807, 2.05) is 4.90 Å². The summed E-state index contributed by atoms with van der Waals surface area (Å²) in [5, 5.41) is 2.40. The van der Waals surface area contributed by atoms with Crippen LogP contribution in [0, 0.1) is 0 Å². The molecule has 0 spiro atoms. The predicted octanol–water partition coefficient (Wildman–Crippen LogP) is 4.06. The Morgan fingerprint density at radius 1 is 1.18 bits per heavy atom. The lowest BCUT2D eigenvalue weighted by Crippen LogP contribution is -2.37. The van der Waals surface area contributed by atoms with Gasteiger partial charge in [-0.1, -0.05) is 18.2 Å². The third-order valence-electron chi connectivity index (χ3n) is 5.66. The Balaban J connectivity index is 1.49. The third kappa shape index (κ3) is 4.87. The van der Waals surface area contributed by atoms with E-state index in [1.54, 1.807) is 42.3 Å². The van der Waals surface area contributed by atoms with E-state index in [1.165, 1.54) is 25.3 Å². The number of likely N-dealkylation sites (N-methyl/N-ethyl adjacent to an activating group) is 1. The van der Waals surface area contributed by atoms with Gasteiger partial charge in [-0.05, 0) is 30.7 Å². The summed E-state index contributed by atoms with van der Waals surface area (Å²) in [4.78, 5) is 36.0. The van der Waals surface area contributed by atoms with Crippen molar-refractivity contribution in [3.63, 3.8) is 0 Å². The van der Waals surface area contributed by atoms with Crippen molar-refractivity contribution in [3.05, 3.63) is 60.1 Å². The van der Waals surface area contributed by atoms with Crippen molar-refractivity contribution in [2.24, 2.45) is 0 Å². The van der Waals surface area contributed by atoms with Gasteiger partial charge >= 0.3 is 6.18 Å². The first-order valence-electron chi connectivity index (χ1n) is 10.5. The fourth-order valence-corrected chi connectivity index (χ4v) is 3.73. The van der Waals surface area contributed by atoms with Gasteiger partial charge in [-0.15, -0.1) is 0 Å². The number of oxazole rings is 1. The molecule has 1 N–H and O–H groups in total. The number of hydrogen-bond acceptors (Lipinski definition) is 6. The number of aromatic nitrogens is 2. The van der Waals surface area contributed by atoms with Gasteiger partial charge in [0.2, 0.25) is 17.6 Å². The second-order valence-electron chi connectivity index (χ2n) is 7.94. The number of amides is 2. The van der Waals surface area contributed by atoms with Crippen molar-refractivity contribution < 1.29 is 27.2 Å². The van der Waals surface area contributed by atoms with Crippen molar-refractivity contribution in [1.29, 1.82) is 0 Å². The molecule has 8 nitrogen and oxygen atoms in total. The molecule has 1 fully saturated rings. The summed E-state index contributed by atoms with van der Waals surface area (Å²) in [5.74, 6) is -2.20. The largest absolute Gasteiger partial charge is 0.452 e. The molecule has 1 aliphatic heterocycles. The fourth-order valence-electron chi connectivity index (χ4n) is 3.73. The van der Waals surface area contributed by atoms with Crippen LogP contribution in [-0.4, -0.2) is 52.9 Å². The molecule has 2 amide bonds. The lowest BCUT2D eigenvalue weighted by atomic mass is 10.2. The highest BCUT2D eigenvalue weighted by Crippen LogP contribution is 2.35. The Labute approximate surface area is 193 Å². The molecule has 1 aliphatic rings. The maximum absolute atomic E-state index is 13.5. The number of rotatable bonds is 5. The monoisotopic (exact) mass is 473 g/mol. The molecule has 1 atom stereocenters. The van der Waals surface area contributed by atoms with Gasteiger partial charge in [0.05, 0.1) is 17.9 Å². The molecule has 0 bridgehead atoms. The predicted molar refractivity (Wildman–Crippen MR) is 118 cm³/mol. The van der Waals surface area contributed by atoms with Crippen molar-refractivity contribution in [2.75, 3.05) is 30.4 Å². The second kappa shape index (κ2) is 9.16. The highest BCUT2D eigenvalue weighted by atomic mass is 19.4. The SMILES string of the molecule is CC(=O)N(C)[C@@H]1CCN(c2ccc(NC(=O)c3nc(-c4ccccc4)oc3C(F)(F)F)cn2)C1. The molecule has 0 radical (unpaired) electrons. The molecule has 34 heavy (non-hydrogen) atoms. The molecule has 3 heterocycles. The van der Waals surface area contributed by atoms with Crippen LogP contribution in [0.1, 0.15) is 29.6 Å². The molecule has 11 heteroatoms. The van der Waals surface area contributed by atoms with Crippen LogP contribution in [0.4, 0.5) is 24.7 Å². The first kappa shape index (κ1) is 23.3. The summed E-state index contributed by atoms with van der Waals surface area (Å²) in [6.45, 7) is 2.84. The van der Waals surface area contributed by atoms with Crippen LogP contribution in [0.3, 0.4) is 0 Å². The van der Waals surface area contributed by atoms with Crippen LogP contribution in [-0.2, 0) is 11.0 Å². The van der Waals surface area contributed by atoms with Gasteiger partial charge in [0.1, 0.15) is 5.82 Å². The Bertz CT molecular complexity index is 1180. The second-order valence-corrected chi connectivity index (χ2v) is 7.94. The van der Waals surface area contributed by atoms with E-state index in [0.29, 0.717) is 24.5 Å². The van der Waals surface area contributed by atoms with E-state index >= 15 is 0 Å². The normalized spacial score (nSPS) is 15.9. The summed E-state index contributed by atoms with van der Waals surface area (Å²) in [5.41, 5.74) is -0.328. The zero-order chi connectivity index (χ0) is 24.5. The maximum atomic E-state index is 13.5. The minimum atomic E-state index is -4.89. The Hall–Kier alpha value is -3.89. The fraction of sp³-hybridized carbons (Fsp3) is 0.304.